The van der Waals surface area contributed by atoms with E-state index < -0.39 is 0 Å². The molecule has 0 unspecified atom stereocenters. The number of amides is 1. The highest BCUT2D eigenvalue weighted by atomic mass is 32.2. The van der Waals surface area contributed by atoms with Crippen LogP contribution in [0.25, 0.3) is 16.6 Å². The molecule has 2 aromatic carbocycles. The highest BCUT2D eigenvalue weighted by molar-refractivity contribution is 8.00. The number of carbonyl (C=O) groups excluding carboxylic acids is 1. The van der Waals surface area contributed by atoms with Gasteiger partial charge < -0.3 is 0 Å². The van der Waals surface area contributed by atoms with Gasteiger partial charge in [-0.3, -0.25) is 19.7 Å². The summed E-state index contributed by atoms with van der Waals surface area (Å²) in [5.41, 5.74) is 4.91. The normalized spacial score (nSPS) is 11.2. The minimum atomic E-state index is -0.263. The molecule has 0 fully saturated rings. The highest BCUT2D eigenvalue weighted by Gasteiger charge is 2.11. The molecule has 0 atom stereocenters. The Morgan fingerprint density at radius 1 is 1.17 bits per heavy atom. The summed E-state index contributed by atoms with van der Waals surface area (Å²) in [5, 5.41) is 8.00. The lowest BCUT2D eigenvalue weighted by molar-refractivity contribution is -0.118. The number of nitrogens with zero attached hydrogens (tertiary/aromatic N) is 3. The van der Waals surface area contributed by atoms with Gasteiger partial charge >= 0.3 is 0 Å². The molecule has 0 saturated heterocycles. The van der Waals surface area contributed by atoms with E-state index in [-0.39, 0.29) is 17.2 Å². The standard InChI is InChI=1S/C22H19N5O2S/c1-15-18(22(29)27(26-15)17-9-3-2-4-10-17)13-24-25-20(28)14-30-19-11-5-7-16-8-6-12-23-21(16)19/h2-13,26H,14H2,1H3,(H,25,28)/b24-13+. The summed E-state index contributed by atoms with van der Waals surface area (Å²) in [7, 11) is 0. The van der Waals surface area contributed by atoms with Crippen molar-refractivity contribution < 1.29 is 4.79 Å². The Morgan fingerprint density at radius 2 is 1.97 bits per heavy atom. The number of fused-ring (bicyclic) bond motifs is 1. The van der Waals surface area contributed by atoms with Crippen molar-refractivity contribution in [3.05, 3.63) is 88.5 Å². The van der Waals surface area contributed by atoms with Gasteiger partial charge in [-0.05, 0) is 31.2 Å². The zero-order valence-electron chi connectivity index (χ0n) is 16.2. The van der Waals surface area contributed by atoms with Crippen molar-refractivity contribution in [3.63, 3.8) is 0 Å². The van der Waals surface area contributed by atoms with Gasteiger partial charge in [-0.2, -0.15) is 5.10 Å². The third-order valence-electron chi connectivity index (χ3n) is 4.47. The minimum Gasteiger partial charge on any atom is -0.295 e. The Hall–Kier alpha value is -3.65. The molecular formula is C22H19N5O2S. The summed E-state index contributed by atoms with van der Waals surface area (Å²) in [5.74, 6) is -0.0753. The van der Waals surface area contributed by atoms with Gasteiger partial charge in [0, 0.05) is 22.2 Å². The molecule has 2 aromatic heterocycles. The van der Waals surface area contributed by atoms with Crippen LogP contribution in [0.4, 0.5) is 0 Å². The highest BCUT2D eigenvalue weighted by Crippen LogP contribution is 2.25. The molecule has 0 aliphatic heterocycles. The second kappa shape index (κ2) is 8.79. The number of pyridine rings is 1. The fraction of sp³-hybridized carbons (Fsp3) is 0.0909. The molecule has 1 amide bonds. The molecular weight excluding hydrogens is 398 g/mol. The van der Waals surface area contributed by atoms with Crippen molar-refractivity contribution in [1.29, 1.82) is 0 Å². The van der Waals surface area contributed by atoms with Crippen molar-refractivity contribution in [2.24, 2.45) is 5.10 Å². The van der Waals surface area contributed by atoms with E-state index in [4.69, 9.17) is 0 Å². The zero-order valence-corrected chi connectivity index (χ0v) is 17.0. The Labute approximate surface area is 176 Å². The SMILES string of the molecule is Cc1[nH]n(-c2ccccc2)c(=O)c1/C=N/NC(=O)CSc1cccc2cccnc12. The number of aromatic amines is 1. The molecule has 150 valence electrons. The van der Waals surface area contributed by atoms with Crippen molar-refractivity contribution in [2.45, 2.75) is 11.8 Å². The van der Waals surface area contributed by atoms with Crippen LogP contribution in [0.5, 0.6) is 0 Å². The van der Waals surface area contributed by atoms with Crippen LogP contribution < -0.4 is 11.0 Å². The van der Waals surface area contributed by atoms with Crippen molar-refractivity contribution in [1.82, 2.24) is 20.2 Å². The van der Waals surface area contributed by atoms with Crippen LogP contribution in [-0.2, 0) is 4.79 Å². The number of nitrogens with one attached hydrogen (secondary N) is 2. The number of hydrogen-bond donors (Lipinski definition) is 2. The zero-order chi connectivity index (χ0) is 20.9. The van der Waals surface area contributed by atoms with Crippen LogP contribution in [-0.4, -0.2) is 32.6 Å². The number of carbonyl (C=O) groups is 1. The average molecular weight is 417 g/mol. The van der Waals surface area contributed by atoms with Gasteiger partial charge in [0.1, 0.15) is 0 Å². The van der Waals surface area contributed by atoms with Crippen LogP contribution in [0.1, 0.15) is 11.3 Å². The quantitative estimate of drug-likeness (QED) is 0.286. The van der Waals surface area contributed by atoms with E-state index in [1.807, 2.05) is 60.7 Å². The first-order valence-electron chi connectivity index (χ1n) is 9.29. The fourth-order valence-corrected chi connectivity index (χ4v) is 3.84. The average Bonchev–Trinajstić information content (AvgIpc) is 3.06. The number of aromatic nitrogens is 3. The number of hydrogen-bond acceptors (Lipinski definition) is 5. The molecule has 8 heteroatoms. The lowest BCUT2D eigenvalue weighted by Crippen LogP contribution is -2.21. The number of rotatable bonds is 6. The first-order chi connectivity index (χ1) is 14.6. The number of aryl methyl sites for hydroxylation is 1. The van der Waals surface area contributed by atoms with Crippen LogP contribution in [0.3, 0.4) is 0 Å². The third kappa shape index (κ3) is 4.18. The van der Waals surface area contributed by atoms with Crippen LogP contribution in [0.15, 0.2) is 81.7 Å². The van der Waals surface area contributed by atoms with Gasteiger partial charge in [0.15, 0.2) is 0 Å². The lowest BCUT2D eigenvalue weighted by atomic mass is 10.2. The summed E-state index contributed by atoms with van der Waals surface area (Å²) >= 11 is 1.39. The van der Waals surface area contributed by atoms with Gasteiger partial charge in [-0.25, -0.2) is 10.1 Å². The van der Waals surface area contributed by atoms with E-state index in [2.05, 4.69) is 20.6 Å². The molecule has 0 radical (unpaired) electrons. The predicted octanol–water partition coefficient (Wildman–Crippen LogP) is 3.26. The molecule has 0 spiro atoms. The lowest BCUT2D eigenvalue weighted by Gasteiger charge is -2.04. The van der Waals surface area contributed by atoms with Crippen LogP contribution >= 0.6 is 11.8 Å². The second-order valence-corrected chi connectivity index (χ2v) is 7.56. The maximum atomic E-state index is 12.6. The van der Waals surface area contributed by atoms with Gasteiger partial charge in [0.05, 0.1) is 28.7 Å². The monoisotopic (exact) mass is 417 g/mol. The Kier molecular flexibility index (Phi) is 5.76. The maximum Gasteiger partial charge on any atom is 0.280 e. The van der Waals surface area contributed by atoms with Crippen molar-refractivity contribution in [2.75, 3.05) is 5.75 Å². The van der Waals surface area contributed by atoms with Crippen molar-refractivity contribution in [3.8, 4) is 5.69 Å². The van der Waals surface area contributed by atoms with E-state index in [9.17, 15) is 9.59 Å². The number of H-pyrrole nitrogens is 1. The predicted molar refractivity (Wildman–Crippen MR) is 119 cm³/mol. The largest absolute Gasteiger partial charge is 0.295 e. The Bertz CT molecular complexity index is 1270. The third-order valence-corrected chi connectivity index (χ3v) is 5.52. The van der Waals surface area contributed by atoms with Gasteiger partial charge in [-0.15, -0.1) is 11.8 Å². The Balaban J connectivity index is 1.41. The first kappa shape index (κ1) is 19.7. The van der Waals surface area contributed by atoms with E-state index in [0.29, 0.717) is 11.3 Å². The Morgan fingerprint density at radius 3 is 2.80 bits per heavy atom. The van der Waals surface area contributed by atoms with Gasteiger partial charge in [0.2, 0.25) is 5.91 Å². The number of benzene rings is 2. The minimum absolute atomic E-state index is 0.188. The molecule has 0 aliphatic carbocycles. The van der Waals surface area contributed by atoms with E-state index in [0.717, 1.165) is 21.5 Å². The molecule has 4 aromatic rings. The van der Waals surface area contributed by atoms with E-state index >= 15 is 0 Å². The molecule has 4 rings (SSSR count). The first-order valence-corrected chi connectivity index (χ1v) is 10.3. The van der Waals surface area contributed by atoms with Crippen LogP contribution in [0, 0.1) is 6.92 Å². The second-order valence-electron chi connectivity index (χ2n) is 6.54. The molecule has 0 saturated carbocycles. The van der Waals surface area contributed by atoms with Crippen LogP contribution in [0.2, 0.25) is 0 Å². The topological polar surface area (TPSA) is 92.1 Å². The molecule has 2 heterocycles. The fourth-order valence-electron chi connectivity index (χ4n) is 3.01. The van der Waals surface area contributed by atoms with Crippen molar-refractivity contribution >= 4 is 34.8 Å². The number of para-hydroxylation sites is 2. The molecule has 2 N–H and O–H groups in total. The smallest absolute Gasteiger partial charge is 0.280 e. The molecule has 0 aliphatic rings. The molecule has 30 heavy (non-hydrogen) atoms. The van der Waals surface area contributed by atoms with Gasteiger partial charge in [0.25, 0.3) is 5.56 Å². The summed E-state index contributed by atoms with van der Waals surface area (Å²) in [6.45, 7) is 1.79. The van der Waals surface area contributed by atoms with E-state index in [1.54, 1.807) is 13.1 Å². The summed E-state index contributed by atoms with van der Waals surface area (Å²) in [6, 6.07) is 19.0. The summed E-state index contributed by atoms with van der Waals surface area (Å²) < 4.78 is 1.45. The summed E-state index contributed by atoms with van der Waals surface area (Å²) in [4.78, 5) is 30.1. The maximum absolute atomic E-state index is 12.6. The van der Waals surface area contributed by atoms with E-state index in [1.165, 1.54) is 22.7 Å². The number of thioether (sulfide) groups is 1. The molecule has 7 nitrogen and oxygen atoms in total. The molecule has 0 bridgehead atoms. The number of hydrazone groups is 1. The van der Waals surface area contributed by atoms with Gasteiger partial charge in [-0.1, -0.05) is 36.4 Å². The summed E-state index contributed by atoms with van der Waals surface area (Å²) in [6.07, 6.45) is 3.10.